The zero-order valence-electron chi connectivity index (χ0n) is 11.2. The first-order valence-corrected chi connectivity index (χ1v) is 7.57. The van der Waals surface area contributed by atoms with E-state index in [9.17, 15) is 9.90 Å². The van der Waals surface area contributed by atoms with Crippen molar-refractivity contribution in [2.75, 3.05) is 5.32 Å². The van der Waals surface area contributed by atoms with Gasteiger partial charge in [0.25, 0.3) is 0 Å². The maximum absolute atomic E-state index is 12.4. The van der Waals surface area contributed by atoms with Crippen LogP contribution in [0.5, 0.6) is 5.75 Å². The summed E-state index contributed by atoms with van der Waals surface area (Å²) < 4.78 is 0. The molecule has 0 spiro atoms. The van der Waals surface area contributed by atoms with Crippen molar-refractivity contribution in [3.8, 4) is 5.75 Å². The molecule has 5 heteroatoms. The van der Waals surface area contributed by atoms with E-state index in [0.29, 0.717) is 10.9 Å². The Labute approximate surface area is 121 Å². The number of nitrogens with zero attached hydrogens (tertiary/aromatic N) is 1. The van der Waals surface area contributed by atoms with Gasteiger partial charge in [0, 0.05) is 5.38 Å². The number of nitrogens with one attached hydrogen (secondary N) is 1. The van der Waals surface area contributed by atoms with Crippen molar-refractivity contribution >= 4 is 22.4 Å². The zero-order chi connectivity index (χ0) is 14.1. The third-order valence-corrected chi connectivity index (χ3v) is 4.52. The van der Waals surface area contributed by atoms with E-state index in [4.69, 9.17) is 0 Å². The Morgan fingerprint density at radius 3 is 3.10 bits per heavy atom. The number of aryl methyl sites for hydroxylation is 1. The molecule has 0 aliphatic heterocycles. The van der Waals surface area contributed by atoms with E-state index in [-0.39, 0.29) is 11.8 Å². The molecule has 0 saturated carbocycles. The number of rotatable bonds is 2. The molecule has 1 aromatic heterocycles. The van der Waals surface area contributed by atoms with Crippen LogP contribution >= 0.6 is 11.3 Å². The van der Waals surface area contributed by atoms with Gasteiger partial charge >= 0.3 is 0 Å². The molecule has 2 aromatic rings. The van der Waals surface area contributed by atoms with Crippen molar-refractivity contribution in [3.63, 3.8) is 0 Å². The number of carbonyl (C=O) groups is 1. The predicted molar refractivity (Wildman–Crippen MR) is 79.3 cm³/mol. The highest BCUT2D eigenvalue weighted by atomic mass is 32.1. The predicted octanol–water partition coefficient (Wildman–Crippen LogP) is 3.22. The summed E-state index contributed by atoms with van der Waals surface area (Å²) in [6.07, 6.45) is 2.56. The molecule has 104 valence electrons. The van der Waals surface area contributed by atoms with Crippen LogP contribution in [0.2, 0.25) is 0 Å². The first kappa shape index (κ1) is 13.1. The van der Waals surface area contributed by atoms with Gasteiger partial charge in [0.15, 0.2) is 5.13 Å². The van der Waals surface area contributed by atoms with E-state index in [1.54, 1.807) is 12.1 Å². The molecule has 1 aliphatic carbocycles. The fraction of sp³-hybridized carbons (Fsp3) is 0.333. The van der Waals surface area contributed by atoms with Crippen LogP contribution in [-0.4, -0.2) is 16.0 Å². The Hall–Kier alpha value is -1.88. The quantitative estimate of drug-likeness (QED) is 0.892. The van der Waals surface area contributed by atoms with Crippen LogP contribution in [0.15, 0.2) is 23.6 Å². The topological polar surface area (TPSA) is 62.2 Å². The number of aromatic nitrogens is 1. The first-order valence-electron chi connectivity index (χ1n) is 6.69. The molecular weight excluding hydrogens is 272 g/mol. The molecule has 3 rings (SSSR count). The summed E-state index contributed by atoms with van der Waals surface area (Å²) in [5.74, 6) is 0.0612. The van der Waals surface area contributed by atoms with Gasteiger partial charge in [-0.15, -0.1) is 11.3 Å². The number of hydrogen-bond donors (Lipinski definition) is 2. The molecule has 1 aromatic carbocycles. The van der Waals surface area contributed by atoms with Crippen LogP contribution in [0.3, 0.4) is 0 Å². The Morgan fingerprint density at radius 1 is 1.50 bits per heavy atom. The summed E-state index contributed by atoms with van der Waals surface area (Å²) in [4.78, 5) is 16.7. The van der Waals surface area contributed by atoms with E-state index in [0.717, 1.165) is 36.1 Å². The largest absolute Gasteiger partial charge is 0.508 e. The van der Waals surface area contributed by atoms with Crippen molar-refractivity contribution in [3.05, 3.63) is 40.4 Å². The van der Waals surface area contributed by atoms with Gasteiger partial charge in [0.05, 0.1) is 11.6 Å². The van der Waals surface area contributed by atoms with Gasteiger partial charge in [-0.05, 0) is 43.4 Å². The lowest BCUT2D eigenvalue weighted by Crippen LogP contribution is -2.24. The lowest BCUT2D eigenvalue weighted by molar-refractivity contribution is -0.117. The van der Waals surface area contributed by atoms with Crippen LogP contribution in [0.4, 0.5) is 5.13 Å². The standard InChI is InChI=1S/C15H16N2O2S/c1-9-8-20-15(16-9)17-14(19)12-6-2-5-11-10(12)4-3-7-13(11)18/h3-4,7-8,12,18H,2,5-6H2,1H3,(H,16,17,19). The maximum Gasteiger partial charge on any atom is 0.233 e. The van der Waals surface area contributed by atoms with Gasteiger partial charge in [-0.1, -0.05) is 12.1 Å². The number of aromatic hydroxyl groups is 1. The molecule has 1 unspecified atom stereocenters. The van der Waals surface area contributed by atoms with E-state index in [1.165, 1.54) is 11.3 Å². The number of hydrogen-bond acceptors (Lipinski definition) is 4. The van der Waals surface area contributed by atoms with Crippen LogP contribution in [0, 0.1) is 6.92 Å². The highest BCUT2D eigenvalue weighted by molar-refractivity contribution is 7.13. The molecule has 1 aliphatic rings. The lowest BCUT2D eigenvalue weighted by atomic mass is 9.82. The second kappa shape index (κ2) is 5.25. The van der Waals surface area contributed by atoms with Crippen LogP contribution in [0.25, 0.3) is 0 Å². The average molecular weight is 288 g/mol. The van der Waals surface area contributed by atoms with Gasteiger partial charge in [0.2, 0.25) is 5.91 Å². The molecule has 4 nitrogen and oxygen atoms in total. The molecule has 2 N–H and O–H groups in total. The van der Waals surface area contributed by atoms with E-state index >= 15 is 0 Å². The second-order valence-electron chi connectivity index (χ2n) is 5.07. The summed E-state index contributed by atoms with van der Waals surface area (Å²) in [7, 11) is 0. The number of phenolic OH excluding ortho intramolecular Hbond substituents is 1. The minimum atomic E-state index is -0.199. The molecule has 20 heavy (non-hydrogen) atoms. The third kappa shape index (κ3) is 2.41. The van der Waals surface area contributed by atoms with Gasteiger partial charge in [-0.25, -0.2) is 4.98 Å². The smallest absolute Gasteiger partial charge is 0.233 e. The fourth-order valence-corrected chi connectivity index (χ4v) is 3.40. The number of phenols is 1. The van der Waals surface area contributed by atoms with Crippen molar-refractivity contribution in [1.82, 2.24) is 4.98 Å². The van der Waals surface area contributed by atoms with Crippen LogP contribution < -0.4 is 5.32 Å². The lowest BCUT2D eigenvalue weighted by Gasteiger charge is -2.24. The Balaban J connectivity index is 1.85. The molecule has 0 radical (unpaired) electrons. The van der Waals surface area contributed by atoms with Gasteiger partial charge in [0.1, 0.15) is 5.75 Å². The minimum Gasteiger partial charge on any atom is -0.508 e. The number of benzene rings is 1. The summed E-state index contributed by atoms with van der Waals surface area (Å²) in [6.45, 7) is 1.90. The highest BCUT2D eigenvalue weighted by Crippen LogP contribution is 2.36. The molecule has 0 saturated heterocycles. The zero-order valence-corrected chi connectivity index (χ0v) is 12.0. The van der Waals surface area contributed by atoms with Gasteiger partial charge < -0.3 is 10.4 Å². The summed E-state index contributed by atoms with van der Waals surface area (Å²) >= 11 is 1.43. The summed E-state index contributed by atoms with van der Waals surface area (Å²) in [6, 6.07) is 5.42. The monoisotopic (exact) mass is 288 g/mol. The van der Waals surface area contributed by atoms with E-state index in [2.05, 4.69) is 10.3 Å². The number of fused-ring (bicyclic) bond motifs is 1. The van der Waals surface area contributed by atoms with E-state index in [1.807, 2.05) is 18.4 Å². The Kier molecular flexibility index (Phi) is 3.44. The van der Waals surface area contributed by atoms with Gasteiger partial charge in [-0.3, -0.25) is 4.79 Å². The second-order valence-corrected chi connectivity index (χ2v) is 5.93. The number of thiazole rings is 1. The average Bonchev–Trinajstić information content (AvgIpc) is 2.84. The molecule has 1 amide bonds. The molecular formula is C15H16N2O2S. The molecule has 1 heterocycles. The van der Waals surface area contributed by atoms with E-state index < -0.39 is 0 Å². The normalized spacial score (nSPS) is 17.6. The number of carbonyl (C=O) groups excluding carboxylic acids is 1. The third-order valence-electron chi connectivity index (χ3n) is 3.65. The summed E-state index contributed by atoms with van der Waals surface area (Å²) in [5.41, 5.74) is 2.77. The van der Waals surface area contributed by atoms with Gasteiger partial charge in [-0.2, -0.15) is 0 Å². The van der Waals surface area contributed by atoms with Crippen LogP contribution in [0.1, 0.15) is 35.6 Å². The first-order chi connectivity index (χ1) is 9.65. The number of anilines is 1. The number of amides is 1. The Bertz CT molecular complexity index is 651. The van der Waals surface area contributed by atoms with Crippen LogP contribution in [-0.2, 0) is 11.2 Å². The SMILES string of the molecule is Cc1csc(NC(=O)C2CCCc3c(O)cccc32)n1. The highest BCUT2D eigenvalue weighted by Gasteiger charge is 2.28. The fourth-order valence-electron chi connectivity index (χ4n) is 2.71. The van der Waals surface area contributed by atoms with Crippen molar-refractivity contribution in [1.29, 1.82) is 0 Å². The molecule has 1 atom stereocenters. The molecule has 0 fully saturated rings. The van der Waals surface area contributed by atoms with Crippen molar-refractivity contribution in [2.45, 2.75) is 32.1 Å². The van der Waals surface area contributed by atoms with Crippen molar-refractivity contribution in [2.24, 2.45) is 0 Å². The summed E-state index contributed by atoms with van der Waals surface area (Å²) in [5, 5.41) is 15.3. The Morgan fingerprint density at radius 2 is 2.35 bits per heavy atom. The maximum atomic E-state index is 12.4. The van der Waals surface area contributed by atoms with Crippen molar-refractivity contribution < 1.29 is 9.90 Å². The minimum absolute atomic E-state index is 0.0362. The molecule has 0 bridgehead atoms.